The zero-order valence-electron chi connectivity index (χ0n) is 16.8. The van der Waals surface area contributed by atoms with Crippen LogP contribution in [0.1, 0.15) is 41.6 Å². The number of Topliss-reactive ketones (excluding diaryl/α,β-unsaturated/α-hetero) is 1. The van der Waals surface area contributed by atoms with E-state index in [1.165, 1.54) is 12.1 Å². The summed E-state index contributed by atoms with van der Waals surface area (Å²) < 4.78 is 13.3. The Morgan fingerprint density at radius 1 is 1.21 bits per heavy atom. The molecule has 29 heavy (non-hydrogen) atoms. The summed E-state index contributed by atoms with van der Waals surface area (Å²) in [4.78, 5) is 14.8. The van der Waals surface area contributed by atoms with Crippen LogP contribution >= 0.6 is 11.6 Å². The molecule has 0 amide bonds. The zero-order chi connectivity index (χ0) is 20.9. The van der Waals surface area contributed by atoms with Gasteiger partial charge in [-0.1, -0.05) is 23.7 Å². The largest absolute Gasteiger partial charge is 0.389 e. The minimum Gasteiger partial charge on any atom is -0.389 e. The second-order valence-electron chi connectivity index (χ2n) is 7.84. The van der Waals surface area contributed by atoms with Crippen LogP contribution in [-0.2, 0) is 6.42 Å². The maximum atomic E-state index is 13.3. The molecular formula is C23H28ClFN2O2. The highest BCUT2D eigenvalue weighted by Crippen LogP contribution is 2.27. The van der Waals surface area contributed by atoms with Crippen LogP contribution in [0.3, 0.4) is 0 Å². The fourth-order valence-corrected chi connectivity index (χ4v) is 4.04. The summed E-state index contributed by atoms with van der Waals surface area (Å²) in [5.74, 6) is -0.337. The number of nitrogens with one attached hydrogen (secondary N) is 1. The number of ketones is 1. The summed E-state index contributed by atoms with van der Waals surface area (Å²) in [6, 6.07) is 11.8. The Balaban J connectivity index is 1.44. The van der Waals surface area contributed by atoms with E-state index in [1.807, 2.05) is 24.3 Å². The average Bonchev–Trinajstić information content (AvgIpc) is 2.71. The van der Waals surface area contributed by atoms with Crippen molar-refractivity contribution < 1.29 is 14.3 Å². The van der Waals surface area contributed by atoms with Crippen molar-refractivity contribution in [1.82, 2.24) is 4.90 Å². The van der Waals surface area contributed by atoms with E-state index in [1.54, 1.807) is 13.1 Å². The van der Waals surface area contributed by atoms with E-state index in [2.05, 4.69) is 10.2 Å². The Morgan fingerprint density at radius 3 is 2.55 bits per heavy atom. The lowest BCUT2D eigenvalue weighted by Gasteiger charge is -2.38. The highest BCUT2D eigenvalue weighted by molar-refractivity contribution is 6.30. The Kier molecular flexibility index (Phi) is 7.28. The number of rotatable bonds is 8. The molecule has 2 aromatic carbocycles. The summed E-state index contributed by atoms with van der Waals surface area (Å²) in [5, 5.41) is 14.5. The molecule has 1 aliphatic heterocycles. The van der Waals surface area contributed by atoms with Crippen molar-refractivity contribution in [3.8, 4) is 0 Å². The van der Waals surface area contributed by atoms with Gasteiger partial charge in [0.05, 0.1) is 5.60 Å². The van der Waals surface area contributed by atoms with Crippen molar-refractivity contribution in [2.45, 2.75) is 37.7 Å². The maximum absolute atomic E-state index is 13.3. The molecule has 0 saturated carbocycles. The third-order valence-electron chi connectivity index (χ3n) is 5.66. The van der Waals surface area contributed by atoms with Crippen molar-refractivity contribution in [2.24, 2.45) is 0 Å². The predicted octanol–water partition coefficient (Wildman–Crippen LogP) is 4.55. The van der Waals surface area contributed by atoms with Gasteiger partial charge in [0.25, 0.3) is 0 Å². The first kappa shape index (κ1) is 21.8. The van der Waals surface area contributed by atoms with Gasteiger partial charge in [-0.25, -0.2) is 4.39 Å². The lowest BCUT2D eigenvalue weighted by molar-refractivity contribution is -0.0207. The SMILES string of the molecule is CNc1cc(F)ccc1C(=O)CCCN1CCC(O)(Cc2ccc(Cl)cc2)CC1. The fraction of sp³-hybridized carbons (Fsp3) is 0.435. The second kappa shape index (κ2) is 9.70. The van der Waals surface area contributed by atoms with Crippen molar-refractivity contribution in [1.29, 1.82) is 0 Å². The smallest absolute Gasteiger partial charge is 0.165 e. The first-order valence-electron chi connectivity index (χ1n) is 10.1. The van der Waals surface area contributed by atoms with Gasteiger partial charge in [0.1, 0.15) is 5.82 Å². The van der Waals surface area contributed by atoms with Crippen LogP contribution in [0.2, 0.25) is 5.02 Å². The van der Waals surface area contributed by atoms with E-state index < -0.39 is 5.60 Å². The number of aliphatic hydroxyl groups is 1. The maximum Gasteiger partial charge on any atom is 0.165 e. The molecule has 0 atom stereocenters. The van der Waals surface area contributed by atoms with Crippen LogP contribution in [-0.4, -0.2) is 48.1 Å². The molecule has 3 rings (SSSR count). The number of benzene rings is 2. The molecule has 0 radical (unpaired) electrons. The van der Waals surface area contributed by atoms with Crippen molar-refractivity contribution in [3.05, 3.63) is 64.4 Å². The van der Waals surface area contributed by atoms with Crippen LogP contribution in [0.15, 0.2) is 42.5 Å². The molecule has 4 nitrogen and oxygen atoms in total. The lowest BCUT2D eigenvalue weighted by atomic mass is 9.85. The van der Waals surface area contributed by atoms with Crippen molar-refractivity contribution in [3.63, 3.8) is 0 Å². The molecule has 0 aromatic heterocycles. The zero-order valence-corrected chi connectivity index (χ0v) is 17.5. The summed E-state index contributed by atoms with van der Waals surface area (Å²) in [7, 11) is 1.68. The van der Waals surface area contributed by atoms with Crippen LogP contribution in [0.5, 0.6) is 0 Å². The Morgan fingerprint density at radius 2 is 1.90 bits per heavy atom. The number of likely N-dealkylation sites (tertiary alicyclic amines) is 1. The Hall–Kier alpha value is -1.95. The molecule has 156 valence electrons. The monoisotopic (exact) mass is 418 g/mol. The molecule has 1 fully saturated rings. The van der Waals surface area contributed by atoms with E-state index in [4.69, 9.17) is 11.6 Å². The van der Waals surface area contributed by atoms with Gasteiger partial charge in [-0.3, -0.25) is 4.79 Å². The van der Waals surface area contributed by atoms with Crippen molar-refractivity contribution in [2.75, 3.05) is 32.0 Å². The normalized spacial score (nSPS) is 16.6. The topological polar surface area (TPSA) is 52.6 Å². The van der Waals surface area contributed by atoms with Gasteiger partial charge in [-0.2, -0.15) is 0 Å². The number of carbonyl (C=O) groups excluding carboxylic acids is 1. The third-order valence-corrected chi connectivity index (χ3v) is 5.91. The minimum atomic E-state index is -0.685. The molecule has 0 spiro atoms. The number of hydrogen-bond donors (Lipinski definition) is 2. The van der Waals surface area contributed by atoms with E-state index in [0.29, 0.717) is 42.0 Å². The molecule has 2 N–H and O–H groups in total. The molecule has 0 unspecified atom stereocenters. The number of carbonyl (C=O) groups is 1. The minimum absolute atomic E-state index is 0.0191. The van der Waals surface area contributed by atoms with Gasteiger partial charge in [0.2, 0.25) is 0 Å². The highest BCUT2D eigenvalue weighted by Gasteiger charge is 2.32. The number of anilines is 1. The molecule has 0 bridgehead atoms. The van der Waals surface area contributed by atoms with Crippen LogP contribution in [0, 0.1) is 5.82 Å². The first-order valence-corrected chi connectivity index (χ1v) is 10.5. The molecule has 0 aliphatic carbocycles. The lowest BCUT2D eigenvalue weighted by Crippen LogP contribution is -2.45. The fourth-order valence-electron chi connectivity index (χ4n) is 3.92. The van der Waals surface area contributed by atoms with Gasteiger partial charge in [0, 0.05) is 49.3 Å². The van der Waals surface area contributed by atoms with Gasteiger partial charge >= 0.3 is 0 Å². The van der Waals surface area contributed by atoms with Crippen LogP contribution < -0.4 is 5.32 Å². The summed E-state index contributed by atoms with van der Waals surface area (Å²) in [6.07, 6.45) is 3.23. The number of halogens is 2. The molecule has 1 aliphatic rings. The Bertz CT molecular complexity index is 833. The van der Waals surface area contributed by atoms with E-state index in [0.717, 1.165) is 31.6 Å². The number of piperidine rings is 1. The second-order valence-corrected chi connectivity index (χ2v) is 8.27. The summed E-state index contributed by atoms with van der Waals surface area (Å²) in [5.41, 5.74) is 1.47. The average molecular weight is 419 g/mol. The summed E-state index contributed by atoms with van der Waals surface area (Å²) >= 11 is 5.93. The molecule has 6 heteroatoms. The molecule has 2 aromatic rings. The van der Waals surface area contributed by atoms with Gasteiger partial charge in [-0.15, -0.1) is 0 Å². The van der Waals surface area contributed by atoms with Crippen molar-refractivity contribution >= 4 is 23.1 Å². The highest BCUT2D eigenvalue weighted by atomic mass is 35.5. The van der Waals surface area contributed by atoms with Crippen LogP contribution in [0.25, 0.3) is 0 Å². The molecular weight excluding hydrogens is 391 g/mol. The standard InChI is InChI=1S/C23H28ClFN2O2/c1-26-21-15-19(25)8-9-20(21)22(28)3-2-12-27-13-10-23(29,11-14-27)16-17-4-6-18(24)7-5-17/h4-9,15,26,29H,2-3,10-14,16H2,1H3. The van der Waals surface area contributed by atoms with E-state index in [-0.39, 0.29) is 11.6 Å². The number of hydrogen-bond acceptors (Lipinski definition) is 4. The predicted molar refractivity (Wildman–Crippen MR) is 115 cm³/mol. The van der Waals surface area contributed by atoms with Gasteiger partial charge < -0.3 is 15.3 Å². The third kappa shape index (κ3) is 6.01. The van der Waals surface area contributed by atoms with E-state index in [9.17, 15) is 14.3 Å². The number of nitrogens with zero attached hydrogens (tertiary/aromatic N) is 1. The molecule has 1 heterocycles. The van der Waals surface area contributed by atoms with E-state index >= 15 is 0 Å². The van der Waals surface area contributed by atoms with Gasteiger partial charge in [-0.05, 0) is 61.7 Å². The quantitative estimate of drug-likeness (QED) is 0.617. The van der Waals surface area contributed by atoms with Crippen LogP contribution in [0.4, 0.5) is 10.1 Å². The Labute approximate surface area is 176 Å². The molecule has 1 saturated heterocycles. The summed E-state index contributed by atoms with van der Waals surface area (Å²) in [6.45, 7) is 2.45. The van der Waals surface area contributed by atoms with Gasteiger partial charge in [0.15, 0.2) is 5.78 Å². The first-order chi connectivity index (χ1) is 13.9.